The predicted molar refractivity (Wildman–Crippen MR) is 72.2 cm³/mol. The van der Waals surface area contributed by atoms with Crippen LogP contribution in [-0.2, 0) is 0 Å². The highest BCUT2D eigenvalue weighted by molar-refractivity contribution is 14.2. The van der Waals surface area contributed by atoms with Crippen molar-refractivity contribution in [1.82, 2.24) is 5.32 Å². The number of piperidine rings is 1. The van der Waals surface area contributed by atoms with Gasteiger partial charge in [-0.25, -0.2) is 4.39 Å². The zero-order chi connectivity index (χ0) is 11.4. The zero-order valence-corrected chi connectivity index (χ0v) is 10.9. The molecular formula is C11H14FIN2O. The Bertz CT molecular complexity index is 381. The molecule has 3 nitrogen and oxygen atoms in total. The monoisotopic (exact) mass is 336 g/mol. The van der Waals surface area contributed by atoms with E-state index in [1.54, 1.807) is 10.2 Å². The van der Waals surface area contributed by atoms with E-state index in [4.69, 9.17) is 5.21 Å². The van der Waals surface area contributed by atoms with Gasteiger partial charge in [0.1, 0.15) is 5.83 Å². The van der Waals surface area contributed by atoms with Crippen LogP contribution in [-0.4, -0.2) is 27.5 Å². The molecule has 0 amide bonds. The van der Waals surface area contributed by atoms with Gasteiger partial charge in [-0.2, -0.15) is 0 Å². The van der Waals surface area contributed by atoms with Crippen molar-refractivity contribution in [3.05, 3.63) is 22.1 Å². The second kappa shape index (κ2) is 5.67. The number of halogens is 2. The normalized spacial score (nSPS) is 23.4. The molecule has 0 aromatic rings. The van der Waals surface area contributed by atoms with Gasteiger partial charge in [0.05, 0.1) is 5.71 Å². The van der Waals surface area contributed by atoms with Crippen molar-refractivity contribution in [1.29, 1.82) is 0 Å². The largest absolute Gasteiger partial charge is 0.411 e. The van der Waals surface area contributed by atoms with Crippen LogP contribution in [0, 0.1) is 5.92 Å². The molecule has 2 N–H and O–H groups in total. The molecule has 0 radical (unpaired) electrons. The van der Waals surface area contributed by atoms with Gasteiger partial charge in [-0.3, -0.25) is 0 Å². The van der Waals surface area contributed by atoms with Crippen LogP contribution >= 0.6 is 20.7 Å². The zero-order valence-electron chi connectivity index (χ0n) is 8.79. The van der Waals surface area contributed by atoms with Crippen LogP contribution in [0.4, 0.5) is 4.39 Å². The van der Waals surface area contributed by atoms with Gasteiger partial charge in [-0.15, -0.1) is 0 Å². The standard InChI is InChI=1S/C11H14FIN2O/c12-9-1-2-10(13-7-9)11(15-16)8-3-5-14-6-4-8/h1-2,7-8,14,16H,3-6H2/b15-11-. The molecule has 1 fully saturated rings. The molecule has 0 saturated carbocycles. The summed E-state index contributed by atoms with van der Waals surface area (Å²) >= 11 is -0.483. The third-order valence-corrected chi connectivity index (χ3v) is 5.23. The van der Waals surface area contributed by atoms with E-state index in [2.05, 4.69) is 10.5 Å². The minimum Gasteiger partial charge on any atom is -0.411 e. The van der Waals surface area contributed by atoms with E-state index >= 15 is 0 Å². The summed E-state index contributed by atoms with van der Waals surface area (Å²) in [6.07, 6.45) is 5.20. The maximum absolute atomic E-state index is 12.8. The summed E-state index contributed by atoms with van der Waals surface area (Å²) in [7, 11) is 0. The second-order valence-corrected chi connectivity index (χ2v) is 6.20. The van der Waals surface area contributed by atoms with E-state index in [0.717, 1.165) is 35.2 Å². The van der Waals surface area contributed by atoms with Crippen molar-refractivity contribution in [2.75, 3.05) is 13.1 Å². The van der Waals surface area contributed by atoms with E-state index in [0.29, 0.717) is 5.92 Å². The third-order valence-electron chi connectivity index (χ3n) is 2.74. The molecule has 2 aliphatic heterocycles. The molecule has 16 heavy (non-hydrogen) atoms. The molecule has 0 spiro atoms. The van der Waals surface area contributed by atoms with Crippen LogP contribution in [0.15, 0.2) is 27.2 Å². The molecule has 0 aliphatic carbocycles. The van der Waals surface area contributed by atoms with Crippen molar-refractivity contribution in [3.63, 3.8) is 0 Å². The molecule has 1 saturated heterocycles. The predicted octanol–water partition coefficient (Wildman–Crippen LogP) is 2.34. The van der Waals surface area contributed by atoms with E-state index in [1.165, 1.54) is 6.08 Å². The van der Waals surface area contributed by atoms with Crippen LogP contribution in [0.1, 0.15) is 12.8 Å². The highest BCUT2D eigenvalue weighted by Gasteiger charge is 2.22. The van der Waals surface area contributed by atoms with Gasteiger partial charge in [-0.05, 0) is 38.1 Å². The first-order chi connectivity index (χ1) is 7.81. The van der Waals surface area contributed by atoms with Gasteiger partial charge < -0.3 is 10.5 Å². The summed E-state index contributed by atoms with van der Waals surface area (Å²) in [4.78, 5) is 0. The van der Waals surface area contributed by atoms with Crippen molar-refractivity contribution in [2.45, 2.75) is 12.8 Å². The number of hydrogen-bond donors (Lipinski definition) is 2. The highest BCUT2D eigenvalue weighted by Crippen LogP contribution is 2.23. The van der Waals surface area contributed by atoms with E-state index in [9.17, 15) is 4.39 Å². The molecule has 0 bridgehead atoms. The minimum absolute atomic E-state index is 0.167. The maximum atomic E-state index is 12.8. The van der Waals surface area contributed by atoms with Crippen molar-refractivity contribution >= 4 is 30.0 Å². The average Bonchev–Trinajstić information content (AvgIpc) is 2.34. The summed E-state index contributed by atoms with van der Waals surface area (Å²) in [5, 5.41) is 15.8. The lowest BCUT2D eigenvalue weighted by Crippen LogP contribution is -2.34. The van der Waals surface area contributed by atoms with Crippen molar-refractivity contribution in [3.8, 4) is 0 Å². The topological polar surface area (TPSA) is 44.6 Å². The molecular weight excluding hydrogens is 322 g/mol. The Kier molecular flexibility index (Phi) is 4.22. The Morgan fingerprint density at radius 1 is 1.44 bits per heavy atom. The molecule has 5 heteroatoms. The van der Waals surface area contributed by atoms with Gasteiger partial charge in [0.2, 0.25) is 0 Å². The Morgan fingerprint density at radius 3 is 2.75 bits per heavy atom. The summed E-state index contributed by atoms with van der Waals surface area (Å²) in [5.74, 6) is 0.152. The fourth-order valence-corrected chi connectivity index (χ4v) is 3.99. The number of rotatable bonds is 2. The van der Waals surface area contributed by atoms with E-state index in [1.807, 2.05) is 0 Å². The van der Waals surface area contributed by atoms with Gasteiger partial charge in [0.25, 0.3) is 0 Å². The van der Waals surface area contributed by atoms with Gasteiger partial charge in [0.15, 0.2) is 0 Å². The number of oxime groups is 1. The average molecular weight is 336 g/mol. The van der Waals surface area contributed by atoms with E-state index < -0.39 is 20.7 Å². The Morgan fingerprint density at radius 2 is 2.19 bits per heavy atom. The Balaban J connectivity index is 2.15. The van der Waals surface area contributed by atoms with Crippen LogP contribution < -0.4 is 5.32 Å². The number of hydrogen-bond acceptors (Lipinski definition) is 3. The third kappa shape index (κ3) is 2.76. The Hall–Kier alpha value is -0.560. The van der Waals surface area contributed by atoms with Crippen LogP contribution in [0.2, 0.25) is 0 Å². The van der Waals surface area contributed by atoms with Crippen LogP contribution in [0.25, 0.3) is 0 Å². The molecule has 88 valence electrons. The van der Waals surface area contributed by atoms with Gasteiger partial charge >= 0.3 is 0 Å². The van der Waals surface area contributed by atoms with Gasteiger partial charge in [-0.1, -0.05) is 25.9 Å². The molecule has 0 aromatic heterocycles. The lowest BCUT2D eigenvalue weighted by Gasteiger charge is -2.23. The smallest absolute Gasteiger partial charge is 0.128 e. The fourth-order valence-electron chi connectivity index (χ4n) is 1.90. The highest BCUT2D eigenvalue weighted by atomic mass is 127. The summed E-state index contributed by atoms with van der Waals surface area (Å²) < 4.78 is 15.5. The first kappa shape index (κ1) is 11.9. The molecule has 0 atom stereocenters. The molecule has 0 aromatic carbocycles. The summed E-state index contributed by atoms with van der Waals surface area (Å²) in [5.41, 5.74) is 0.772. The van der Waals surface area contributed by atoms with E-state index in [-0.39, 0.29) is 5.83 Å². The van der Waals surface area contributed by atoms with Crippen molar-refractivity contribution in [2.24, 2.45) is 11.1 Å². The SMILES string of the molecule is O/N=C(\C1=IC=C(F)C=C1)C1CCNCC1. The number of allylic oxidation sites excluding steroid dienone is 3. The maximum Gasteiger partial charge on any atom is 0.128 e. The van der Waals surface area contributed by atoms with Gasteiger partial charge in [0, 0.05) is 13.5 Å². The first-order valence-electron chi connectivity index (χ1n) is 5.28. The fraction of sp³-hybridized carbons (Fsp3) is 0.455. The summed E-state index contributed by atoms with van der Waals surface area (Å²) in [6, 6.07) is 0. The second-order valence-electron chi connectivity index (χ2n) is 3.79. The van der Waals surface area contributed by atoms with Crippen LogP contribution in [0.3, 0.4) is 0 Å². The molecule has 2 heterocycles. The molecule has 0 unspecified atom stereocenters. The van der Waals surface area contributed by atoms with Crippen LogP contribution in [0.5, 0.6) is 0 Å². The Labute approximate surface area is 104 Å². The molecule has 2 rings (SSSR count). The number of nitrogens with zero attached hydrogens (tertiary/aromatic N) is 1. The minimum atomic E-state index is -0.483. The van der Waals surface area contributed by atoms with Crippen molar-refractivity contribution < 1.29 is 9.60 Å². The lowest BCUT2D eigenvalue weighted by molar-refractivity contribution is 0.313. The quantitative estimate of drug-likeness (QED) is 0.352. The lowest BCUT2D eigenvalue weighted by atomic mass is 9.91. The summed E-state index contributed by atoms with van der Waals surface area (Å²) in [6.45, 7) is 1.92. The molecule has 2 aliphatic rings. The first-order valence-corrected chi connectivity index (χ1v) is 7.61. The number of nitrogens with one attached hydrogen (secondary N) is 1.